The molecule has 1 atom stereocenters. The summed E-state index contributed by atoms with van der Waals surface area (Å²) in [5.41, 5.74) is 7.70. The van der Waals surface area contributed by atoms with Crippen LogP contribution in [-0.2, 0) is 23.8 Å². The van der Waals surface area contributed by atoms with Gasteiger partial charge >= 0.3 is 49.7 Å². The van der Waals surface area contributed by atoms with Crippen molar-refractivity contribution in [3.8, 4) is 0 Å². The molecule has 0 saturated heterocycles. The second kappa shape index (κ2) is 12.6. The number of nitrogens with one attached hydrogen (secondary N) is 1. The van der Waals surface area contributed by atoms with Crippen molar-refractivity contribution in [2.45, 2.75) is 19.8 Å². The van der Waals surface area contributed by atoms with E-state index in [2.05, 4.69) is 5.32 Å². The third-order valence-electron chi connectivity index (χ3n) is 4.27. The van der Waals surface area contributed by atoms with Gasteiger partial charge in [0.25, 0.3) is 0 Å². The van der Waals surface area contributed by atoms with Gasteiger partial charge in [0.1, 0.15) is 0 Å². The van der Waals surface area contributed by atoms with Gasteiger partial charge in [-0.3, -0.25) is 0 Å². The zero-order valence-corrected chi connectivity index (χ0v) is 19.9. The van der Waals surface area contributed by atoms with Gasteiger partial charge in [0, 0.05) is 17.3 Å². The summed E-state index contributed by atoms with van der Waals surface area (Å²) in [6.07, 6.45) is 0. The number of carbonyl (C=O) groups is 2. The number of ether oxygens (including phenoxy) is 3. The Bertz CT molecular complexity index is 821. The fraction of sp³-hybridized carbons (Fsp3) is 0.400. The standard InChI is InChI=1S/C20H25ClN2O5.Ca.2H/c1-4-28-20(25)18-15(11-27-10-9-22)23-12(2)16(19(24)26-3)17(18)13-7-5-6-8-14(13)21;;;/h5-8,17,23H,4,9-11,22H2,1-3H3;;;/q;+2;2*-1. The summed E-state index contributed by atoms with van der Waals surface area (Å²) < 4.78 is 15.8. The van der Waals surface area contributed by atoms with Crippen molar-refractivity contribution in [1.82, 2.24) is 5.32 Å². The van der Waals surface area contributed by atoms with Gasteiger partial charge in [0.05, 0.1) is 49.7 Å². The van der Waals surface area contributed by atoms with E-state index in [1.165, 1.54) is 7.11 Å². The summed E-state index contributed by atoms with van der Waals surface area (Å²) in [5.74, 6) is -1.86. The molecule has 1 aliphatic rings. The van der Waals surface area contributed by atoms with Gasteiger partial charge in [0.15, 0.2) is 0 Å². The molecule has 0 amide bonds. The van der Waals surface area contributed by atoms with Gasteiger partial charge in [-0.05, 0) is 25.5 Å². The van der Waals surface area contributed by atoms with E-state index in [9.17, 15) is 9.59 Å². The van der Waals surface area contributed by atoms with Crippen LogP contribution < -0.4 is 11.1 Å². The molecule has 0 spiro atoms. The number of halogens is 1. The maximum Gasteiger partial charge on any atom is 2.00 e. The topological polar surface area (TPSA) is 99.9 Å². The third kappa shape index (κ3) is 6.20. The van der Waals surface area contributed by atoms with Gasteiger partial charge in [-0.2, -0.15) is 0 Å². The molecule has 1 heterocycles. The Morgan fingerprint density at radius 1 is 1.24 bits per heavy atom. The summed E-state index contributed by atoms with van der Waals surface area (Å²) in [5, 5.41) is 3.52. The largest absolute Gasteiger partial charge is 2.00 e. The average molecular weight is 451 g/mol. The van der Waals surface area contributed by atoms with Gasteiger partial charge < -0.3 is 28.1 Å². The van der Waals surface area contributed by atoms with E-state index in [4.69, 9.17) is 31.5 Å². The minimum Gasteiger partial charge on any atom is -1.00 e. The molecule has 7 nitrogen and oxygen atoms in total. The maximum absolute atomic E-state index is 12.9. The normalized spacial score (nSPS) is 16.1. The molecular weight excluding hydrogens is 424 g/mol. The molecule has 1 aliphatic heterocycles. The predicted molar refractivity (Wildman–Crippen MR) is 114 cm³/mol. The molecule has 0 radical (unpaired) electrons. The number of nitrogens with two attached hydrogens (primary N) is 1. The van der Waals surface area contributed by atoms with Crippen LogP contribution in [-0.4, -0.2) is 83.2 Å². The second-order valence-corrected chi connectivity index (χ2v) is 6.47. The van der Waals surface area contributed by atoms with Gasteiger partial charge in [0.2, 0.25) is 0 Å². The molecule has 29 heavy (non-hydrogen) atoms. The fourth-order valence-corrected chi connectivity index (χ4v) is 3.36. The molecule has 0 bridgehead atoms. The molecule has 156 valence electrons. The van der Waals surface area contributed by atoms with Crippen LogP contribution in [0.25, 0.3) is 0 Å². The minimum atomic E-state index is -0.752. The number of hydrogen-bond donors (Lipinski definition) is 2. The van der Waals surface area contributed by atoms with Gasteiger partial charge in [-0.1, -0.05) is 29.8 Å². The number of carbonyl (C=O) groups excluding carboxylic acids is 2. The summed E-state index contributed by atoms with van der Waals surface area (Å²) in [7, 11) is 1.29. The number of benzene rings is 1. The van der Waals surface area contributed by atoms with Crippen LogP contribution in [0.2, 0.25) is 5.02 Å². The van der Waals surface area contributed by atoms with Crippen LogP contribution in [0.3, 0.4) is 0 Å². The third-order valence-corrected chi connectivity index (χ3v) is 4.61. The van der Waals surface area contributed by atoms with E-state index in [0.29, 0.717) is 40.7 Å². The maximum atomic E-state index is 12.9. The molecule has 0 aromatic heterocycles. The van der Waals surface area contributed by atoms with Crippen LogP contribution in [0.15, 0.2) is 46.8 Å². The monoisotopic (exact) mass is 450 g/mol. The minimum absolute atomic E-state index is 0. The molecular formula is C20H27CaClN2O5. The Morgan fingerprint density at radius 2 is 1.93 bits per heavy atom. The first-order chi connectivity index (χ1) is 13.5. The molecule has 1 aromatic rings. The Labute approximate surface area is 208 Å². The van der Waals surface area contributed by atoms with Crippen molar-refractivity contribution < 1.29 is 26.7 Å². The predicted octanol–water partition coefficient (Wildman–Crippen LogP) is 2.11. The van der Waals surface area contributed by atoms with Crippen LogP contribution in [0, 0.1) is 0 Å². The van der Waals surface area contributed by atoms with Crippen molar-refractivity contribution in [3.05, 3.63) is 57.4 Å². The van der Waals surface area contributed by atoms with E-state index in [1.54, 1.807) is 38.1 Å². The molecule has 0 fully saturated rings. The SMILES string of the molecule is CCOC(=O)C1=C(COCCN)NC(C)=C(C(=O)OC)C1c1ccccc1Cl.[Ca+2].[H-].[H-]. The Hall–Kier alpha value is -1.09. The number of methoxy groups -OCH3 is 1. The number of dihydropyridines is 1. The van der Waals surface area contributed by atoms with Crippen LogP contribution in [0.1, 0.15) is 28.2 Å². The molecule has 3 N–H and O–H groups in total. The first-order valence-corrected chi connectivity index (χ1v) is 9.32. The zero-order valence-electron chi connectivity index (χ0n) is 18.9. The molecule has 1 unspecified atom stereocenters. The van der Waals surface area contributed by atoms with E-state index in [-0.39, 0.29) is 59.4 Å². The van der Waals surface area contributed by atoms with Crippen molar-refractivity contribution in [2.24, 2.45) is 5.73 Å². The van der Waals surface area contributed by atoms with Crippen molar-refractivity contribution >= 4 is 61.3 Å². The summed E-state index contributed by atoms with van der Waals surface area (Å²) in [6.45, 7) is 4.42. The van der Waals surface area contributed by atoms with Crippen LogP contribution in [0.5, 0.6) is 0 Å². The van der Waals surface area contributed by atoms with Crippen LogP contribution >= 0.6 is 11.6 Å². The number of esters is 2. The zero-order chi connectivity index (χ0) is 20.7. The number of allylic oxidation sites excluding steroid dienone is 1. The summed E-state index contributed by atoms with van der Waals surface area (Å²) in [4.78, 5) is 25.5. The van der Waals surface area contributed by atoms with E-state index in [1.807, 2.05) is 0 Å². The van der Waals surface area contributed by atoms with E-state index >= 15 is 0 Å². The molecule has 1 aromatic carbocycles. The second-order valence-electron chi connectivity index (χ2n) is 6.06. The fourth-order valence-electron chi connectivity index (χ4n) is 3.12. The number of rotatable bonds is 8. The van der Waals surface area contributed by atoms with Crippen LogP contribution in [0.4, 0.5) is 0 Å². The average Bonchev–Trinajstić information content (AvgIpc) is 2.67. The molecule has 0 saturated carbocycles. The molecule has 9 heteroatoms. The van der Waals surface area contributed by atoms with Crippen molar-refractivity contribution in [1.29, 1.82) is 0 Å². The van der Waals surface area contributed by atoms with Gasteiger partial charge in [-0.25, -0.2) is 9.59 Å². The quantitative estimate of drug-likeness (QED) is 0.355. The van der Waals surface area contributed by atoms with E-state index in [0.717, 1.165) is 0 Å². The summed E-state index contributed by atoms with van der Waals surface area (Å²) >= 11 is 6.42. The Balaban J connectivity index is 0. The first-order valence-electron chi connectivity index (χ1n) is 8.94. The smallest absolute Gasteiger partial charge is 1.00 e. The Kier molecular flexibility index (Phi) is 11.2. The molecule has 0 aliphatic carbocycles. The van der Waals surface area contributed by atoms with Gasteiger partial charge in [-0.15, -0.1) is 0 Å². The van der Waals surface area contributed by atoms with Crippen molar-refractivity contribution in [3.63, 3.8) is 0 Å². The van der Waals surface area contributed by atoms with Crippen molar-refractivity contribution in [2.75, 3.05) is 33.5 Å². The molecule has 2 rings (SSSR count). The summed E-state index contributed by atoms with van der Waals surface area (Å²) in [6, 6.07) is 7.05. The number of hydrogen-bond acceptors (Lipinski definition) is 7. The van der Waals surface area contributed by atoms with E-state index < -0.39 is 17.9 Å². The first kappa shape index (κ1) is 25.9. The Morgan fingerprint density at radius 3 is 2.52 bits per heavy atom.